The minimum absolute atomic E-state index is 0.146. The van der Waals surface area contributed by atoms with Crippen LogP contribution in [-0.4, -0.2) is 28.4 Å². The van der Waals surface area contributed by atoms with Crippen LogP contribution < -0.4 is 5.73 Å². The summed E-state index contributed by atoms with van der Waals surface area (Å²) < 4.78 is 0. The average molecular weight is 287 g/mol. The Balaban J connectivity index is 1.81. The van der Waals surface area contributed by atoms with E-state index < -0.39 is 0 Å². The van der Waals surface area contributed by atoms with E-state index >= 15 is 0 Å². The van der Waals surface area contributed by atoms with Gasteiger partial charge in [0.1, 0.15) is 5.82 Å². The van der Waals surface area contributed by atoms with Gasteiger partial charge in [-0.1, -0.05) is 19.8 Å². The van der Waals surface area contributed by atoms with Gasteiger partial charge in [0, 0.05) is 23.8 Å². The fourth-order valence-corrected chi connectivity index (χ4v) is 3.96. The summed E-state index contributed by atoms with van der Waals surface area (Å²) in [6.45, 7) is 2.93. The average Bonchev–Trinajstić information content (AvgIpc) is 3.16. The largest absolute Gasteiger partial charge is 0.384 e. The third kappa shape index (κ3) is 2.89. The zero-order valence-corrected chi connectivity index (χ0v) is 12.8. The van der Waals surface area contributed by atoms with E-state index in [1.165, 1.54) is 25.7 Å². The van der Waals surface area contributed by atoms with Crippen LogP contribution in [0.2, 0.25) is 0 Å². The molecule has 1 unspecified atom stereocenters. The molecule has 2 aliphatic rings. The number of aromatic nitrogens is 1. The Bertz CT molecular complexity index is 523. The van der Waals surface area contributed by atoms with Crippen LogP contribution in [0, 0.1) is 5.92 Å². The molecule has 1 aromatic rings. The van der Waals surface area contributed by atoms with E-state index in [1.807, 2.05) is 13.0 Å². The predicted molar refractivity (Wildman–Crippen MR) is 84.0 cm³/mol. The van der Waals surface area contributed by atoms with Crippen LogP contribution >= 0.6 is 0 Å². The van der Waals surface area contributed by atoms with E-state index in [4.69, 9.17) is 5.73 Å². The van der Waals surface area contributed by atoms with Gasteiger partial charge in [-0.05, 0) is 50.2 Å². The molecular formula is C17H25N3O. The highest BCUT2D eigenvalue weighted by molar-refractivity contribution is 5.95. The first-order valence-corrected chi connectivity index (χ1v) is 8.26. The zero-order chi connectivity index (χ0) is 14.8. The molecule has 2 N–H and O–H groups in total. The van der Waals surface area contributed by atoms with Crippen molar-refractivity contribution in [1.82, 2.24) is 9.88 Å². The number of likely N-dealkylation sites (tertiary alicyclic amines) is 1. The normalized spacial score (nSPS) is 22.9. The van der Waals surface area contributed by atoms with E-state index in [0.29, 0.717) is 23.3 Å². The summed E-state index contributed by atoms with van der Waals surface area (Å²) in [5.41, 5.74) is 7.46. The minimum atomic E-state index is 0.146. The van der Waals surface area contributed by atoms with Gasteiger partial charge in [0.05, 0.1) is 0 Å². The van der Waals surface area contributed by atoms with Crippen LogP contribution in [0.4, 0.5) is 5.82 Å². The molecule has 1 atom stereocenters. The molecule has 0 spiro atoms. The summed E-state index contributed by atoms with van der Waals surface area (Å²) in [4.78, 5) is 19.2. The molecular weight excluding hydrogens is 262 g/mol. The highest BCUT2D eigenvalue weighted by Crippen LogP contribution is 2.36. The van der Waals surface area contributed by atoms with Gasteiger partial charge < -0.3 is 10.6 Å². The van der Waals surface area contributed by atoms with Gasteiger partial charge in [-0.25, -0.2) is 4.98 Å². The number of nitrogens with zero attached hydrogens (tertiary/aromatic N) is 2. The first-order chi connectivity index (χ1) is 10.2. The Labute approximate surface area is 126 Å². The highest BCUT2D eigenvalue weighted by atomic mass is 16.2. The maximum absolute atomic E-state index is 12.9. The van der Waals surface area contributed by atoms with Crippen molar-refractivity contribution in [2.75, 3.05) is 12.3 Å². The van der Waals surface area contributed by atoms with Crippen LogP contribution in [0.1, 0.15) is 61.5 Å². The number of hydrogen-bond donors (Lipinski definition) is 1. The summed E-state index contributed by atoms with van der Waals surface area (Å²) in [5.74, 6) is 1.31. The molecule has 0 aromatic carbocycles. The number of nitrogens with two attached hydrogens (primary N) is 1. The van der Waals surface area contributed by atoms with Crippen molar-refractivity contribution in [2.24, 2.45) is 5.92 Å². The Morgan fingerprint density at radius 1 is 1.29 bits per heavy atom. The highest BCUT2D eigenvalue weighted by Gasteiger charge is 2.36. The standard InChI is InChI=1S/C17H25N3O/c1-2-14-10-13(11-16(18)19-14)17(21)20-9-5-8-15(20)12-6-3-4-7-12/h10-12,15H,2-9H2,1H3,(H2,18,19). The number of anilines is 1. The third-order valence-electron chi connectivity index (χ3n) is 5.01. The summed E-state index contributed by atoms with van der Waals surface area (Å²) in [6, 6.07) is 4.08. The first kappa shape index (κ1) is 14.4. The molecule has 0 radical (unpaired) electrons. The fraction of sp³-hybridized carbons (Fsp3) is 0.647. The van der Waals surface area contributed by atoms with E-state index in [-0.39, 0.29) is 5.91 Å². The number of pyridine rings is 1. The number of carbonyl (C=O) groups excluding carboxylic acids is 1. The smallest absolute Gasteiger partial charge is 0.254 e. The molecule has 3 rings (SSSR count). The van der Waals surface area contributed by atoms with E-state index in [1.54, 1.807) is 6.07 Å². The van der Waals surface area contributed by atoms with Crippen molar-refractivity contribution in [2.45, 2.75) is 57.9 Å². The van der Waals surface area contributed by atoms with Crippen LogP contribution in [0.15, 0.2) is 12.1 Å². The van der Waals surface area contributed by atoms with Gasteiger partial charge in [0.2, 0.25) is 0 Å². The van der Waals surface area contributed by atoms with Crippen molar-refractivity contribution in [3.63, 3.8) is 0 Å². The zero-order valence-electron chi connectivity index (χ0n) is 12.8. The monoisotopic (exact) mass is 287 g/mol. The van der Waals surface area contributed by atoms with Crippen LogP contribution in [0.25, 0.3) is 0 Å². The maximum Gasteiger partial charge on any atom is 0.254 e. The molecule has 2 fully saturated rings. The van der Waals surface area contributed by atoms with Crippen LogP contribution in [0.5, 0.6) is 0 Å². The maximum atomic E-state index is 12.9. The predicted octanol–water partition coefficient (Wildman–Crippen LogP) is 3.02. The number of nitrogen functional groups attached to an aromatic ring is 1. The quantitative estimate of drug-likeness (QED) is 0.929. The lowest BCUT2D eigenvalue weighted by Crippen LogP contribution is -2.39. The number of rotatable bonds is 3. The first-order valence-electron chi connectivity index (χ1n) is 8.26. The molecule has 1 aromatic heterocycles. The molecule has 0 bridgehead atoms. The molecule has 4 heteroatoms. The molecule has 1 saturated carbocycles. The summed E-state index contributed by atoms with van der Waals surface area (Å²) >= 11 is 0. The van der Waals surface area contributed by atoms with E-state index in [9.17, 15) is 4.79 Å². The minimum Gasteiger partial charge on any atom is -0.384 e. The second kappa shape index (κ2) is 6.04. The van der Waals surface area contributed by atoms with Crippen LogP contribution in [-0.2, 0) is 6.42 Å². The second-order valence-electron chi connectivity index (χ2n) is 6.38. The lowest BCUT2D eigenvalue weighted by Gasteiger charge is -2.29. The van der Waals surface area contributed by atoms with Gasteiger partial charge in [0.15, 0.2) is 0 Å². The summed E-state index contributed by atoms with van der Waals surface area (Å²) in [5, 5.41) is 0. The second-order valence-corrected chi connectivity index (χ2v) is 6.38. The van der Waals surface area contributed by atoms with Gasteiger partial charge in [0.25, 0.3) is 5.91 Å². The fourth-order valence-electron chi connectivity index (χ4n) is 3.96. The third-order valence-corrected chi connectivity index (χ3v) is 5.01. The van der Waals surface area contributed by atoms with Crippen molar-refractivity contribution in [3.05, 3.63) is 23.4 Å². The molecule has 4 nitrogen and oxygen atoms in total. The number of amides is 1. The number of hydrogen-bond acceptors (Lipinski definition) is 3. The lowest BCUT2D eigenvalue weighted by molar-refractivity contribution is 0.0689. The lowest BCUT2D eigenvalue weighted by atomic mass is 9.95. The summed E-state index contributed by atoms with van der Waals surface area (Å²) in [6.07, 6.45) is 8.32. The Morgan fingerprint density at radius 2 is 2.05 bits per heavy atom. The van der Waals surface area contributed by atoms with Gasteiger partial charge >= 0.3 is 0 Å². The molecule has 1 aliphatic heterocycles. The van der Waals surface area contributed by atoms with E-state index in [0.717, 1.165) is 31.5 Å². The SMILES string of the molecule is CCc1cc(C(=O)N2CCCC2C2CCCC2)cc(N)n1. The molecule has 114 valence electrons. The molecule has 1 saturated heterocycles. The van der Waals surface area contributed by atoms with Crippen molar-refractivity contribution in [3.8, 4) is 0 Å². The van der Waals surface area contributed by atoms with Crippen LogP contribution in [0.3, 0.4) is 0 Å². The van der Waals surface area contributed by atoms with Gasteiger partial charge in [-0.2, -0.15) is 0 Å². The van der Waals surface area contributed by atoms with Gasteiger partial charge in [-0.3, -0.25) is 4.79 Å². The van der Waals surface area contributed by atoms with Gasteiger partial charge in [-0.15, -0.1) is 0 Å². The topological polar surface area (TPSA) is 59.2 Å². The Morgan fingerprint density at radius 3 is 2.76 bits per heavy atom. The molecule has 1 amide bonds. The number of aryl methyl sites for hydroxylation is 1. The van der Waals surface area contributed by atoms with E-state index in [2.05, 4.69) is 9.88 Å². The van der Waals surface area contributed by atoms with Crippen molar-refractivity contribution >= 4 is 11.7 Å². The molecule has 2 heterocycles. The Hall–Kier alpha value is -1.58. The van der Waals surface area contributed by atoms with Crippen molar-refractivity contribution < 1.29 is 4.79 Å². The number of carbonyl (C=O) groups is 1. The Kier molecular flexibility index (Phi) is 4.13. The van der Waals surface area contributed by atoms with Crippen molar-refractivity contribution in [1.29, 1.82) is 0 Å². The molecule has 21 heavy (non-hydrogen) atoms. The summed E-state index contributed by atoms with van der Waals surface area (Å²) in [7, 11) is 0. The molecule has 1 aliphatic carbocycles.